The summed E-state index contributed by atoms with van der Waals surface area (Å²) >= 11 is 0. The van der Waals surface area contributed by atoms with Crippen molar-refractivity contribution >= 4 is 11.8 Å². The molecule has 0 aromatic heterocycles. The second-order valence-electron chi connectivity index (χ2n) is 5.11. The first kappa shape index (κ1) is 17.3. The molecule has 2 amide bonds. The number of carbonyl (C=O) groups is 2. The van der Waals surface area contributed by atoms with Crippen LogP contribution in [0.3, 0.4) is 0 Å². The lowest BCUT2D eigenvalue weighted by atomic mass is 10.1. The first-order valence-corrected chi connectivity index (χ1v) is 7.51. The highest BCUT2D eigenvalue weighted by atomic mass is 16.5. The molecule has 3 N–H and O–H groups in total. The van der Waals surface area contributed by atoms with Crippen LogP contribution in [-0.2, 0) is 11.2 Å². The second-order valence-corrected chi connectivity index (χ2v) is 5.11. The third-order valence-electron chi connectivity index (χ3n) is 3.36. The summed E-state index contributed by atoms with van der Waals surface area (Å²) in [6.45, 7) is 0.214. The summed E-state index contributed by atoms with van der Waals surface area (Å²) in [7, 11) is 1.62. The number of hydrogen-bond acceptors (Lipinski definition) is 4. The van der Waals surface area contributed by atoms with Gasteiger partial charge in [0, 0.05) is 6.54 Å². The molecule has 0 bridgehead atoms. The summed E-state index contributed by atoms with van der Waals surface area (Å²) in [5.41, 5.74) is 6.52. The summed E-state index contributed by atoms with van der Waals surface area (Å²) in [5.74, 6) is 0.273. The molecule has 0 aliphatic heterocycles. The van der Waals surface area contributed by atoms with Crippen LogP contribution in [0.5, 0.6) is 11.5 Å². The molecule has 0 aliphatic rings. The molecule has 126 valence electrons. The summed E-state index contributed by atoms with van der Waals surface area (Å²) in [6, 6.07) is 14.4. The molecule has 0 radical (unpaired) electrons. The number of para-hydroxylation sites is 1. The maximum atomic E-state index is 12.3. The van der Waals surface area contributed by atoms with Crippen molar-refractivity contribution in [3.05, 3.63) is 59.7 Å². The molecule has 0 heterocycles. The van der Waals surface area contributed by atoms with E-state index in [4.69, 9.17) is 15.2 Å². The van der Waals surface area contributed by atoms with Crippen LogP contribution < -0.4 is 20.5 Å². The number of benzene rings is 2. The summed E-state index contributed by atoms with van der Waals surface area (Å²) in [5, 5.41) is 2.84. The number of amides is 2. The third kappa shape index (κ3) is 5.01. The maximum absolute atomic E-state index is 12.3. The van der Waals surface area contributed by atoms with Crippen molar-refractivity contribution in [2.75, 3.05) is 20.3 Å². The van der Waals surface area contributed by atoms with E-state index in [1.54, 1.807) is 31.4 Å². The summed E-state index contributed by atoms with van der Waals surface area (Å²) < 4.78 is 10.4. The van der Waals surface area contributed by atoms with Gasteiger partial charge in [-0.2, -0.15) is 0 Å². The molecule has 0 saturated heterocycles. The van der Waals surface area contributed by atoms with Crippen LogP contribution in [-0.4, -0.2) is 32.1 Å². The Morgan fingerprint density at radius 1 is 1.08 bits per heavy atom. The minimum Gasteiger partial charge on any atom is -0.497 e. The number of ether oxygens (including phenoxy) is 2. The lowest BCUT2D eigenvalue weighted by molar-refractivity contribution is -0.119. The number of carbonyl (C=O) groups excluding carboxylic acids is 2. The highest BCUT2D eigenvalue weighted by Gasteiger charge is 2.12. The third-order valence-corrected chi connectivity index (χ3v) is 3.36. The van der Waals surface area contributed by atoms with E-state index in [-0.39, 0.29) is 12.5 Å². The van der Waals surface area contributed by atoms with Gasteiger partial charge in [0.05, 0.1) is 12.7 Å². The van der Waals surface area contributed by atoms with E-state index in [9.17, 15) is 9.59 Å². The Balaban J connectivity index is 1.91. The topological polar surface area (TPSA) is 90.7 Å². The molecule has 0 spiro atoms. The Morgan fingerprint density at radius 3 is 2.46 bits per heavy atom. The van der Waals surface area contributed by atoms with Gasteiger partial charge in [-0.3, -0.25) is 9.59 Å². The van der Waals surface area contributed by atoms with E-state index in [0.717, 1.165) is 11.3 Å². The number of methoxy groups -OCH3 is 1. The van der Waals surface area contributed by atoms with Gasteiger partial charge in [0.1, 0.15) is 11.5 Å². The largest absolute Gasteiger partial charge is 0.497 e. The Labute approximate surface area is 140 Å². The van der Waals surface area contributed by atoms with Gasteiger partial charge < -0.3 is 20.5 Å². The summed E-state index contributed by atoms with van der Waals surface area (Å²) in [6.07, 6.45) is 0.694. The zero-order valence-electron chi connectivity index (χ0n) is 13.5. The summed E-state index contributed by atoms with van der Waals surface area (Å²) in [4.78, 5) is 23.1. The van der Waals surface area contributed by atoms with Crippen molar-refractivity contribution < 1.29 is 19.1 Å². The van der Waals surface area contributed by atoms with E-state index in [0.29, 0.717) is 24.3 Å². The van der Waals surface area contributed by atoms with Crippen LogP contribution in [0.25, 0.3) is 0 Å². The maximum Gasteiger partial charge on any atom is 0.255 e. The van der Waals surface area contributed by atoms with Crippen molar-refractivity contribution in [2.45, 2.75) is 6.42 Å². The molecule has 0 fully saturated rings. The standard InChI is InChI=1S/C18H20N2O4/c1-23-14-8-6-13(7-9-14)10-11-20-18(22)15-4-2-3-5-16(15)24-12-17(19)21/h2-9H,10-12H2,1H3,(H2,19,21)(H,20,22). The quantitative estimate of drug-likeness (QED) is 0.769. The number of rotatable bonds is 8. The Kier molecular flexibility index (Phi) is 6.19. The Bertz CT molecular complexity index is 698. The molecule has 0 atom stereocenters. The molecular formula is C18H20N2O4. The normalized spacial score (nSPS) is 10.0. The zero-order valence-corrected chi connectivity index (χ0v) is 13.5. The van der Waals surface area contributed by atoms with Crippen molar-refractivity contribution in [3.8, 4) is 11.5 Å². The predicted molar refractivity (Wildman–Crippen MR) is 90.2 cm³/mol. The van der Waals surface area contributed by atoms with Crippen molar-refractivity contribution in [3.63, 3.8) is 0 Å². The molecule has 0 saturated carbocycles. The highest BCUT2D eigenvalue weighted by Crippen LogP contribution is 2.17. The van der Waals surface area contributed by atoms with E-state index >= 15 is 0 Å². The molecule has 2 aromatic carbocycles. The smallest absolute Gasteiger partial charge is 0.255 e. The van der Waals surface area contributed by atoms with E-state index in [1.165, 1.54) is 0 Å². The number of primary amides is 1. The number of nitrogens with one attached hydrogen (secondary N) is 1. The molecule has 6 heteroatoms. The van der Waals surface area contributed by atoms with Crippen LogP contribution >= 0.6 is 0 Å². The molecular weight excluding hydrogens is 308 g/mol. The zero-order chi connectivity index (χ0) is 17.4. The minimum atomic E-state index is -0.593. The van der Waals surface area contributed by atoms with E-state index in [1.807, 2.05) is 24.3 Å². The van der Waals surface area contributed by atoms with Crippen LogP contribution in [0.15, 0.2) is 48.5 Å². The van der Waals surface area contributed by atoms with E-state index < -0.39 is 5.91 Å². The van der Waals surface area contributed by atoms with Gasteiger partial charge in [-0.1, -0.05) is 24.3 Å². The monoisotopic (exact) mass is 328 g/mol. The molecule has 24 heavy (non-hydrogen) atoms. The van der Waals surface area contributed by atoms with Crippen molar-refractivity contribution in [1.29, 1.82) is 0 Å². The van der Waals surface area contributed by atoms with Gasteiger partial charge >= 0.3 is 0 Å². The van der Waals surface area contributed by atoms with Crippen LogP contribution in [0.4, 0.5) is 0 Å². The molecule has 2 aromatic rings. The van der Waals surface area contributed by atoms with Crippen molar-refractivity contribution in [2.24, 2.45) is 5.73 Å². The fourth-order valence-electron chi connectivity index (χ4n) is 2.14. The van der Waals surface area contributed by atoms with Crippen LogP contribution in [0, 0.1) is 0 Å². The average Bonchev–Trinajstić information content (AvgIpc) is 2.60. The van der Waals surface area contributed by atoms with Crippen LogP contribution in [0.2, 0.25) is 0 Å². The lowest BCUT2D eigenvalue weighted by Crippen LogP contribution is -2.27. The molecule has 6 nitrogen and oxygen atoms in total. The predicted octanol–water partition coefficient (Wildman–Crippen LogP) is 1.53. The molecule has 2 rings (SSSR count). The number of nitrogens with two attached hydrogens (primary N) is 1. The Morgan fingerprint density at radius 2 is 1.79 bits per heavy atom. The van der Waals surface area contributed by atoms with Gasteiger partial charge in [0.25, 0.3) is 11.8 Å². The number of hydrogen-bond donors (Lipinski definition) is 2. The lowest BCUT2D eigenvalue weighted by Gasteiger charge is -2.11. The SMILES string of the molecule is COc1ccc(CCNC(=O)c2ccccc2OCC(N)=O)cc1. The second kappa shape index (κ2) is 8.57. The van der Waals surface area contributed by atoms with Gasteiger partial charge in [0.15, 0.2) is 6.61 Å². The fourth-order valence-corrected chi connectivity index (χ4v) is 2.14. The first-order valence-electron chi connectivity index (χ1n) is 7.51. The van der Waals surface area contributed by atoms with Gasteiger partial charge in [-0.25, -0.2) is 0 Å². The van der Waals surface area contributed by atoms with Gasteiger partial charge in [-0.05, 0) is 36.2 Å². The van der Waals surface area contributed by atoms with Crippen LogP contribution in [0.1, 0.15) is 15.9 Å². The van der Waals surface area contributed by atoms with Gasteiger partial charge in [-0.15, -0.1) is 0 Å². The Hall–Kier alpha value is -3.02. The molecule has 0 aliphatic carbocycles. The first-order chi connectivity index (χ1) is 11.6. The average molecular weight is 328 g/mol. The van der Waals surface area contributed by atoms with Crippen molar-refractivity contribution in [1.82, 2.24) is 5.32 Å². The highest BCUT2D eigenvalue weighted by molar-refractivity contribution is 5.97. The fraction of sp³-hybridized carbons (Fsp3) is 0.222. The van der Waals surface area contributed by atoms with E-state index in [2.05, 4.69) is 5.32 Å². The minimum absolute atomic E-state index is 0.261. The van der Waals surface area contributed by atoms with Gasteiger partial charge in [0.2, 0.25) is 0 Å². The molecule has 0 unspecified atom stereocenters.